The molecule has 2 heterocycles. The zero-order valence-electron chi connectivity index (χ0n) is 17.8. The van der Waals surface area contributed by atoms with E-state index in [-0.39, 0.29) is 17.4 Å². The number of anilines is 2. The summed E-state index contributed by atoms with van der Waals surface area (Å²) in [7, 11) is 1.82. The summed E-state index contributed by atoms with van der Waals surface area (Å²) in [5.41, 5.74) is 5.19. The van der Waals surface area contributed by atoms with Crippen molar-refractivity contribution in [3.05, 3.63) is 35.5 Å². The highest BCUT2D eigenvalue weighted by Crippen LogP contribution is 2.40. The van der Waals surface area contributed by atoms with Crippen LogP contribution in [0.3, 0.4) is 0 Å². The lowest BCUT2D eigenvalue weighted by Gasteiger charge is -2.50. The van der Waals surface area contributed by atoms with Crippen LogP contribution in [0.2, 0.25) is 0 Å². The number of carboxylic acid groups (broad SMARTS) is 1. The highest BCUT2D eigenvalue weighted by molar-refractivity contribution is 5.90. The molecule has 1 atom stereocenters. The highest BCUT2D eigenvalue weighted by Gasteiger charge is 2.40. The van der Waals surface area contributed by atoms with E-state index < -0.39 is 29.6 Å². The van der Waals surface area contributed by atoms with Crippen LogP contribution in [0, 0.1) is 0 Å². The second kappa shape index (κ2) is 8.21. The van der Waals surface area contributed by atoms with Crippen molar-refractivity contribution in [1.29, 1.82) is 0 Å². The molecule has 1 saturated carbocycles. The first-order valence-electron chi connectivity index (χ1n) is 10.5. The Morgan fingerprint density at radius 3 is 2.56 bits per heavy atom. The number of aromatic carboxylic acids is 1. The minimum atomic E-state index is -4.82. The topological polar surface area (TPSA) is 98.8 Å². The van der Waals surface area contributed by atoms with Gasteiger partial charge in [0, 0.05) is 25.2 Å². The number of fused-ring (bicyclic) bond motifs is 1. The monoisotopic (exact) mass is 450 g/mol. The number of aromatic nitrogens is 2. The van der Waals surface area contributed by atoms with Crippen LogP contribution in [-0.2, 0) is 6.18 Å². The largest absolute Gasteiger partial charge is 0.478 e. The predicted octanol–water partition coefficient (Wildman–Crippen LogP) is 3.54. The molecule has 1 aliphatic carbocycles. The molecule has 1 fully saturated rings. The Labute approximate surface area is 183 Å². The second-order valence-electron chi connectivity index (χ2n) is 8.03. The number of rotatable bonds is 4. The van der Waals surface area contributed by atoms with E-state index in [1.807, 2.05) is 23.9 Å². The Balaban J connectivity index is 1.84. The Morgan fingerprint density at radius 2 is 1.97 bits per heavy atom. The van der Waals surface area contributed by atoms with E-state index >= 15 is 0 Å². The molecule has 0 saturated heterocycles. The summed E-state index contributed by atoms with van der Waals surface area (Å²) < 4.78 is 40.5. The average Bonchev–Trinajstić information content (AvgIpc) is 3.29. The lowest BCUT2D eigenvalue weighted by molar-refractivity contribution is -0.138. The van der Waals surface area contributed by atoms with Crippen LogP contribution in [0.1, 0.15) is 48.5 Å². The number of carboxylic acids is 1. The van der Waals surface area contributed by atoms with Crippen molar-refractivity contribution in [1.82, 2.24) is 15.0 Å². The fraction of sp³-hybridized carbons (Fsp3) is 0.476. The third-order valence-electron chi connectivity index (χ3n) is 6.13. The Morgan fingerprint density at radius 1 is 1.28 bits per heavy atom. The zero-order chi connectivity index (χ0) is 23.2. The van der Waals surface area contributed by atoms with Gasteiger partial charge in [0.15, 0.2) is 17.9 Å². The molecule has 1 unspecified atom stereocenters. The molecular formula is C21H25F3N6O2. The van der Waals surface area contributed by atoms with E-state index in [4.69, 9.17) is 10.8 Å². The first-order valence-corrected chi connectivity index (χ1v) is 10.5. The van der Waals surface area contributed by atoms with Gasteiger partial charge in [-0.3, -0.25) is 10.7 Å². The zero-order valence-corrected chi connectivity index (χ0v) is 17.8. The molecule has 0 bridgehead atoms. The summed E-state index contributed by atoms with van der Waals surface area (Å²) in [5.74, 6) is -0.963. The maximum absolute atomic E-state index is 13.5. The lowest BCUT2D eigenvalue weighted by atomic mass is 10.0. The molecule has 2 aliphatic rings. The maximum Gasteiger partial charge on any atom is 0.417 e. The van der Waals surface area contributed by atoms with Crippen molar-refractivity contribution in [2.24, 2.45) is 5.73 Å². The van der Waals surface area contributed by atoms with Crippen LogP contribution in [0.4, 0.5) is 24.7 Å². The number of nitrogens with zero attached hydrogens (tertiary/aromatic N) is 5. The summed E-state index contributed by atoms with van der Waals surface area (Å²) in [6.07, 6.45) is 0.430. The molecule has 8 nitrogen and oxygen atoms in total. The molecule has 1 aliphatic heterocycles. The highest BCUT2D eigenvalue weighted by atomic mass is 19.4. The van der Waals surface area contributed by atoms with Gasteiger partial charge in [0.05, 0.1) is 17.3 Å². The molecule has 1 aromatic carbocycles. The van der Waals surface area contributed by atoms with Gasteiger partial charge in [0.2, 0.25) is 0 Å². The fourth-order valence-corrected chi connectivity index (χ4v) is 4.49. The summed E-state index contributed by atoms with van der Waals surface area (Å²) in [5, 5.41) is 13.2. The number of carbonyl (C=O) groups is 1. The van der Waals surface area contributed by atoms with Crippen molar-refractivity contribution in [2.75, 3.05) is 23.5 Å². The van der Waals surface area contributed by atoms with Crippen molar-refractivity contribution in [3.63, 3.8) is 0 Å². The normalized spacial score (nSPS) is 20.0. The molecule has 32 heavy (non-hydrogen) atoms. The molecule has 2 aromatic rings. The van der Waals surface area contributed by atoms with Crippen molar-refractivity contribution < 1.29 is 23.1 Å². The fourth-order valence-electron chi connectivity index (χ4n) is 4.49. The van der Waals surface area contributed by atoms with Crippen LogP contribution >= 0.6 is 0 Å². The third-order valence-corrected chi connectivity index (χ3v) is 6.13. The summed E-state index contributed by atoms with van der Waals surface area (Å²) in [4.78, 5) is 22.0. The number of halogens is 3. The third kappa shape index (κ3) is 3.75. The van der Waals surface area contributed by atoms with E-state index in [9.17, 15) is 18.0 Å². The van der Waals surface area contributed by atoms with Crippen molar-refractivity contribution in [2.45, 2.75) is 51.1 Å². The number of hydrazine groups is 1. The molecule has 4 rings (SSSR count). The van der Waals surface area contributed by atoms with E-state index in [2.05, 4.69) is 15.0 Å². The Hall–Kier alpha value is -2.92. The quantitative estimate of drug-likeness (QED) is 0.730. The van der Waals surface area contributed by atoms with E-state index in [0.717, 1.165) is 37.8 Å². The van der Waals surface area contributed by atoms with Gasteiger partial charge in [-0.1, -0.05) is 25.8 Å². The second-order valence-corrected chi connectivity index (χ2v) is 8.03. The SMILES string of the molecule is CCN1C(N)N(C)c2cnc(-c3ccc(C(=O)O)c(C(F)(F)F)c3)nc2N1C1CCCC1. The first-order chi connectivity index (χ1) is 15.1. The summed E-state index contributed by atoms with van der Waals surface area (Å²) >= 11 is 0. The van der Waals surface area contributed by atoms with Gasteiger partial charge >= 0.3 is 12.1 Å². The Bertz CT molecular complexity index is 1030. The number of nitrogens with two attached hydrogens (primary N) is 1. The molecule has 0 amide bonds. The standard InChI is InChI=1S/C21H25F3N6O2/c1-3-29-20(25)28(2)16-11-26-17(27-18(16)30(29)13-6-4-5-7-13)12-8-9-14(19(31)32)15(10-12)21(22,23)24/h8-11,13,20H,3-7,25H2,1-2H3,(H,31,32). The first kappa shape index (κ1) is 22.3. The van der Waals surface area contributed by atoms with Gasteiger partial charge < -0.3 is 10.0 Å². The summed E-state index contributed by atoms with van der Waals surface area (Å²) in [6, 6.07) is 3.23. The van der Waals surface area contributed by atoms with Gasteiger partial charge in [-0.15, -0.1) is 0 Å². The maximum atomic E-state index is 13.5. The van der Waals surface area contributed by atoms with Crippen molar-refractivity contribution in [3.8, 4) is 11.4 Å². The number of benzene rings is 1. The molecule has 0 spiro atoms. The molecule has 172 valence electrons. The van der Waals surface area contributed by atoms with Gasteiger partial charge in [-0.2, -0.15) is 18.2 Å². The van der Waals surface area contributed by atoms with Gasteiger partial charge in [-0.25, -0.2) is 14.8 Å². The van der Waals surface area contributed by atoms with E-state index in [0.29, 0.717) is 18.1 Å². The van der Waals surface area contributed by atoms with Crippen molar-refractivity contribution >= 4 is 17.5 Å². The smallest absolute Gasteiger partial charge is 0.417 e. The van der Waals surface area contributed by atoms with Crippen LogP contribution in [0.15, 0.2) is 24.4 Å². The number of hydrogen-bond donors (Lipinski definition) is 2. The average molecular weight is 450 g/mol. The predicted molar refractivity (Wildman–Crippen MR) is 113 cm³/mol. The summed E-state index contributed by atoms with van der Waals surface area (Å²) in [6.45, 7) is 2.62. The number of hydrogen-bond acceptors (Lipinski definition) is 7. The van der Waals surface area contributed by atoms with E-state index in [1.54, 1.807) is 6.20 Å². The van der Waals surface area contributed by atoms with E-state index in [1.165, 1.54) is 6.07 Å². The molecular weight excluding hydrogens is 425 g/mol. The van der Waals surface area contributed by atoms with Gasteiger partial charge in [0.1, 0.15) is 5.69 Å². The van der Waals surface area contributed by atoms with Crippen LogP contribution in [0.25, 0.3) is 11.4 Å². The van der Waals surface area contributed by atoms with Crippen LogP contribution < -0.4 is 15.6 Å². The molecule has 1 aromatic heterocycles. The lowest BCUT2D eigenvalue weighted by Crippen LogP contribution is -2.65. The van der Waals surface area contributed by atoms with Crippen LogP contribution in [0.5, 0.6) is 0 Å². The molecule has 11 heteroatoms. The number of alkyl halides is 3. The molecule has 0 radical (unpaired) electrons. The molecule has 3 N–H and O–H groups in total. The Kier molecular flexibility index (Phi) is 5.72. The van der Waals surface area contributed by atoms with Gasteiger partial charge in [0.25, 0.3) is 0 Å². The minimum Gasteiger partial charge on any atom is -0.478 e. The van der Waals surface area contributed by atoms with Crippen LogP contribution in [-0.4, -0.2) is 52.0 Å². The minimum absolute atomic E-state index is 0.0918. The van der Waals surface area contributed by atoms with Gasteiger partial charge in [-0.05, 0) is 25.0 Å².